The molecule has 0 saturated carbocycles. The van der Waals surface area contributed by atoms with Crippen molar-refractivity contribution in [2.75, 3.05) is 19.7 Å². The zero-order chi connectivity index (χ0) is 16.2. The molecule has 1 aliphatic rings. The van der Waals surface area contributed by atoms with E-state index in [0.29, 0.717) is 26.1 Å². The molecule has 0 unspecified atom stereocenters. The van der Waals surface area contributed by atoms with Crippen molar-refractivity contribution >= 4 is 12.1 Å². The van der Waals surface area contributed by atoms with Gasteiger partial charge in [0.25, 0.3) is 0 Å². The van der Waals surface area contributed by atoms with E-state index < -0.39 is 5.60 Å². The molecule has 0 aromatic heterocycles. The SMILES string of the molecule is C=C(C)[C@@H]1CN(C(=O)OC(C)(C)C)C[C@@H]1CC(=O)OCC. The molecule has 1 saturated heterocycles. The van der Waals surface area contributed by atoms with Crippen LogP contribution in [0, 0.1) is 11.8 Å². The van der Waals surface area contributed by atoms with E-state index in [9.17, 15) is 9.59 Å². The van der Waals surface area contributed by atoms with Gasteiger partial charge in [-0.3, -0.25) is 4.79 Å². The van der Waals surface area contributed by atoms with E-state index in [1.165, 1.54) is 0 Å². The summed E-state index contributed by atoms with van der Waals surface area (Å²) in [5.74, 6) is -0.0595. The maximum absolute atomic E-state index is 12.1. The molecule has 5 heteroatoms. The Kier molecular flexibility index (Phi) is 5.81. The molecule has 1 aliphatic heterocycles. The number of nitrogens with zero attached hydrogens (tertiary/aromatic N) is 1. The summed E-state index contributed by atoms with van der Waals surface area (Å²) in [6.45, 7) is 14.6. The molecule has 0 aromatic carbocycles. The van der Waals surface area contributed by atoms with Crippen LogP contribution >= 0.6 is 0 Å². The molecule has 1 rings (SSSR count). The molecule has 0 aromatic rings. The molecule has 2 atom stereocenters. The van der Waals surface area contributed by atoms with Gasteiger partial charge in [-0.25, -0.2) is 4.79 Å². The summed E-state index contributed by atoms with van der Waals surface area (Å²) in [5, 5.41) is 0. The molecule has 1 heterocycles. The highest BCUT2D eigenvalue weighted by Gasteiger charge is 2.38. The second-order valence-electron chi connectivity index (χ2n) is 6.61. The fourth-order valence-corrected chi connectivity index (χ4v) is 2.55. The molecule has 0 aliphatic carbocycles. The van der Waals surface area contributed by atoms with Crippen LogP contribution in [0.15, 0.2) is 12.2 Å². The van der Waals surface area contributed by atoms with E-state index in [4.69, 9.17) is 9.47 Å². The van der Waals surface area contributed by atoms with Gasteiger partial charge in [-0.2, -0.15) is 0 Å². The summed E-state index contributed by atoms with van der Waals surface area (Å²) in [6.07, 6.45) is -0.0230. The van der Waals surface area contributed by atoms with E-state index in [1.54, 1.807) is 11.8 Å². The molecular weight excluding hydrogens is 270 g/mol. The second-order valence-corrected chi connectivity index (χ2v) is 6.61. The van der Waals surface area contributed by atoms with Gasteiger partial charge in [0.15, 0.2) is 0 Å². The smallest absolute Gasteiger partial charge is 0.410 e. The van der Waals surface area contributed by atoms with Crippen LogP contribution in [0.3, 0.4) is 0 Å². The van der Waals surface area contributed by atoms with Gasteiger partial charge in [0, 0.05) is 19.0 Å². The summed E-state index contributed by atoms with van der Waals surface area (Å²) in [5.41, 5.74) is 0.463. The summed E-state index contributed by atoms with van der Waals surface area (Å²) in [6, 6.07) is 0. The first-order valence-electron chi connectivity index (χ1n) is 7.43. The highest BCUT2D eigenvalue weighted by atomic mass is 16.6. The zero-order valence-electron chi connectivity index (χ0n) is 13.8. The van der Waals surface area contributed by atoms with Crippen LogP contribution in [0.4, 0.5) is 4.79 Å². The minimum atomic E-state index is -0.519. The summed E-state index contributed by atoms with van der Waals surface area (Å²) in [7, 11) is 0. The molecule has 0 N–H and O–H groups in total. The molecule has 0 bridgehead atoms. The maximum Gasteiger partial charge on any atom is 0.410 e. The molecule has 21 heavy (non-hydrogen) atoms. The Balaban J connectivity index is 2.70. The number of ether oxygens (including phenoxy) is 2. The Morgan fingerprint density at radius 1 is 1.29 bits per heavy atom. The van der Waals surface area contributed by atoms with Gasteiger partial charge >= 0.3 is 12.1 Å². The topological polar surface area (TPSA) is 55.8 Å². The lowest BCUT2D eigenvalue weighted by atomic mass is 9.88. The van der Waals surface area contributed by atoms with Crippen molar-refractivity contribution in [3.63, 3.8) is 0 Å². The van der Waals surface area contributed by atoms with Gasteiger partial charge in [-0.15, -0.1) is 0 Å². The third kappa shape index (κ3) is 5.40. The van der Waals surface area contributed by atoms with Crippen molar-refractivity contribution in [3.8, 4) is 0 Å². The number of carbonyl (C=O) groups is 2. The largest absolute Gasteiger partial charge is 0.466 e. The molecule has 0 radical (unpaired) electrons. The Morgan fingerprint density at radius 2 is 1.90 bits per heavy atom. The Morgan fingerprint density at radius 3 is 2.38 bits per heavy atom. The highest BCUT2D eigenvalue weighted by Crippen LogP contribution is 2.32. The first-order chi connectivity index (χ1) is 9.64. The lowest BCUT2D eigenvalue weighted by molar-refractivity contribution is -0.144. The van der Waals surface area contributed by atoms with Gasteiger partial charge < -0.3 is 14.4 Å². The van der Waals surface area contributed by atoms with E-state index >= 15 is 0 Å². The second kappa shape index (κ2) is 6.96. The lowest BCUT2D eigenvalue weighted by Crippen LogP contribution is -2.35. The third-order valence-electron chi connectivity index (χ3n) is 3.46. The van der Waals surface area contributed by atoms with Crippen molar-refractivity contribution < 1.29 is 19.1 Å². The van der Waals surface area contributed by atoms with Crippen molar-refractivity contribution in [1.29, 1.82) is 0 Å². The summed E-state index contributed by atoms with van der Waals surface area (Å²) < 4.78 is 10.4. The first-order valence-corrected chi connectivity index (χ1v) is 7.43. The monoisotopic (exact) mass is 297 g/mol. The molecule has 1 amide bonds. The predicted octanol–water partition coefficient (Wildman–Crippen LogP) is 3.00. The Bertz CT molecular complexity index is 411. The minimum Gasteiger partial charge on any atom is -0.466 e. The van der Waals surface area contributed by atoms with Crippen LogP contribution in [-0.2, 0) is 14.3 Å². The number of hydrogen-bond acceptors (Lipinski definition) is 4. The normalized spacial score (nSPS) is 22.0. The number of amides is 1. The van der Waals surface area contributed by atoms with Crippen LogP contribution in [0.5, 0.6) is 0 Å². The lowest BCUT2D eigenvalue weighted by Gasteiger charge is -2.24. The quantitative estimate of drug-likeness (QED) is 0.591. The van der Waals surface area contributed by atoms with Gasteiger partial charge in [0.05, 0.1) is 13.0 Å². The first kappa shape index (κ1) is 17.5. The third-order valence-corrected chi connectivity index (χ3v) is 3.46. The van der Waals surface area contributed by atoms with Crippen LogP contribution in [0.2, 0.25) is 0 Å². The van der Waals surface area contributed by atoms with Gasteiger partial charge in [0.1, 0.15) is 5.60 Å². The predicted molar refractivity (Wildman–Crippen MR) is 80.9 cm³/mol. The van der Waals surface area contributed by atoms with E-state index in [2.05, 4.69) is 6.58 Å². The zero-order valence-corrected chi connectivity index (χ0v) is 13.8. The average Bonchev–Trinajstić information content (AvgIpc) is 2.71. The summed E-state index contributed by atoms with van der Waals surface area (Å²) in [4.78, 5) is 25.5. The standard InChI is InChI=1S/C16H27NO4/c1-7-20-14(18)8-12-9-17(10-13(12)11(2)3)15(19)21-16(4,5)6/h12-13H,2,7-10H2,1,3-6H3/t12-,13-/m0/s1. The average molecular weight is 297 g/mol. The Labute approximate surface area is 127 Å². The van der Waals surface area contributed by atoms with Crippen LogP contribution in [-0.4, -0.2) is 42.3 Å². The van der Waals surface area contributed by atoms with Gasteiger partial charge in [0.2, 0.25) is 0 Å². The van der Waals surface area contributed by atoms with E-state index in [0.717, 1.165) is 5.57 Å². The van der Waals surface area contributed by atoms with Crippen LogP contribution in [0.25, 0.3) is 0 Å². The van der Waals surface area contributed by atoms with E-state index in [1.807, 2.05) is 27.7 Å². The summed E-state index contributed by atoms with van der Waals surface area (Å²) >= 11 is 0. The van der Waals surface area contributed by atoms with Gasteiger partial charge in [-0.05, 0) is 40.5 Å². The molecule has 5 nitrogen and oxygen atoms in total. The molecule has 0 spiro atoms. The number of carbonyl (C=O) groups excluding carboxylic acids is 2. The fraction of sp³-hybridized carbons (Fsp3) is 0.750. The number of esters is 1. The molecule has 1 fully saturated rings. The number of rotatable bonds is 4. The Hall–Kier alpha value is -1.52. The fourth-order valence-electron chi connectivity index (χ4n) is 2.55. The van der Waals surface area contributed by atoms with Crippen molar-refractivity contribution in [2.45, 2.75) is 46.6 Å². The maximum atomic E-state index is 12.1. The van der Waals surface area contributed by atoms with Gasteiger partial charge in [-0.1, -0.05) is 12.2 Å². The van der Waals surface area contributed by atoms with Crippen LogP contribution in [0.1, 0.15) is 41.0 Å². The number of hydrogen-bond donors (Lipinski definition) is 0. The van der Waals surface area contributed by atoms with Crippen molar-refractivity contribution in [1.82, 2.24) is 4.90 Å². The van der Waals surface area contributed by atoms with Crippen molar-refractivity contribution in [2.24, 2.45) is 11.8 Å². The van der Waals surface area contributed by atoms with E-state index in [-0.39, 0.29) is 23.9 Å². The molecule has 120 valence electrons. The molecular formula is C16H27NO4. The van der Waals surface area contributed by atoms with Crippen molar-refractivity contribution in [3.05, 3.63) is 12.2 Å². The highest BCUT2D eigenvalue weighted by molar-refractivity contribution is 5.71. The minimum absolute atomic E-state index is 0.0501. The number of likely N-dealkylation sites (tertiary alicyclic amines) is 1. The van der Waals surface area contributed by atoms with Crippen LogP contribution < -0.4 is 0 Å².